The van der Waals surface area contributed by atoms with E-state index < -0.39 is 22.0 Å². The van der Waals surface area contributed by atoms with Crippen LogP contribution in [-0.2, 0) is 37.8 Å². The van der Waals surface area contributed by atoms with Crippen molar-refractivity contribution in [3.63, 3.8) is 0 Å². The van der Waals surface area contributed by atoms with Crippen LogP contribution < -0.4 is 21.9 Å². The molecular formula is C40H46N8O7S. The van der Waals surface area contributed by atoms with Crippen LogP contribution in [0.2, 0.25) is 0 Å². The van der Waals surface area contributed by atoms with Gasteiger partial charge in [0.1, 0.15) is 11.7 Å². The molecule has 2 aliphatic heterocycles. The Morgan fingerprint density at radius 3 is 2.48 bits per heavy atom. The van der Waals surface area contributed by atoms with Gasteiger partial charge in [0.2, 0.25) is 27.8 Å². The molecular weight excluding hydrogens is 737 g/mol. The number of rotatable bonds is 11. The number of benzene rings is 2. The minimum Gasteiger partial charge on any atom is -0.378 e. The molecule has 2 saturated heterocycles. The van der Waals surface area contributed by atoms with Crippen LogP contribution in [0.5, 0.6) is 0 Å². The highest BCUT2D eigenvalue weighted by molar-refractivity contribution is 7.89. The molecule has 2 amide bonds. The minimum absolute atomic E-state index is 0.0723. The number of sulfonamides is 1. The van der Waals surface area contributed by atoms with E-state index >= 15 is 0 Å². The van der Waals surface area contributed by atoms with Gasteiger partial charge in [-0.15, -0.1) is 0 Å². The fourth-order valence-corrected chi connectivity index (χ4v) is 10.1. The summed E-state index contributed by atoms with van der Waals surface area (Å²) in [6, 6.07) is 13.3. The van der Waals surface area contributed by atoms with Gasteiger partial charge < -0.3 is 10.1 Å². The van der Waals surface area contributed by atoms with E-state index in [1.165, 1.54) is 8.87 Å². The number of imidazole rings is 1. The van der Waals surface area contributed by atoms with E-state index in [2.05, 4.69) is 15.6 Å². The Bertz CT molecular complexity index is 2570. The normalized spacial score (nSPS) is 18.9. The highest BCUT2D eigenvalue weighted by Gasteiger charge is 2.32. The number of carbonyl (C=O) groups is 2. The highest BCUT2D eigenvalue weighted by Crippen LogP contribution is 2.32. The maximum atomic E-state index is 13.7. The molecule has 0 radical (unpaired) electrons. The monoisotopic (exact) mass is 782 g/mol. The van der Waals surface area contributed by atoms with Crippen molar-refractivity contribution in [1.29, 1.82) is 0 Å². The zero-order chi connectivity index (χ0) is 39.1. The molecule has 2 N–H and O–H groups in total. The Morgan fingerprint density at radius 2 is 1.73 bits per heavy atom. The summed E-state index contributed by atoms with van der Waals surface area (Å²) in [5.41, 5.74) is 3.99. The average Bonchev–Trinajstić information content (AvgIpc) is 3.81. The summed E-state index contributed by atoms with van der Waals surface area (Å²) >= 11 is 0. The minimum atomic E-state index is -3.74. The Balaban J connectivity index is 0.863. The smallest absolute Gasteiger partial charge is 0.329 e. The molecule has 0 spiro atoms. The molecule has 3 aromatic heterocycles. The molecule has 2 aromatic carbocycles. The fraction of sp³-hybridized carbons (Fsp3) is 0.450. The number of hydrogen-bond acceptors (Lipinski definition) is 10. The lowest BCUT2D eigenvalue weighted by Crippen LogP contribution is -2.44. The maximum Gasteiger partial charge on any atom is 0.329 e. The number of imide groups is 1. The van der Waals surface area contributed by atoms with Crippen LogP contribution in [0, 0.1) is 6.92 Å². The van der Waals surface area contributed by atoms with Crippen molar-refractivity contribution >= 4 is 55.5 Å². The SMILES string of the molecule is Cc1cc(S(=O)(=O)N2CCC(OCCCc3cccc4c3n(C)c(=O)n4C3CCC(=O)NC3=O)CC2)ccc1Nc1ncc2ccc(=O)n(C3CCCC3)c2n1. The number of ether oxygens (including phenoxy) is 1. The Morgan fingerprint density at radius 1 is 0.946 bits per heavy atom. The third-order valence-corrected chi connectivity index (χ3v) is 13.4. The van der Waals surface area contributed by atoms with Crippen molar-refractivity contribution in [3.05, 3.63) is 86.7 Å². The van der Waals surface area contributed by atoms with Crippen LogP contribution in [0.4, 0.5) is 11.6 Å². The van der Waals surface area contributed by atoms with Crippen molar-refractivity contribution in [1.82, 2.24) is 33.3 Å². The van der Waals surface area contributed by atoms with Crippen molar-refractivity contribution in [2.45, 2.75) is 94.2 Å². The summed E-state index contributed by atoms with van der Waals surface area (Å²) in [6.45, 7) is 3.00. The van der Waals surface area contributed by atoms with E-state index in [-0.39, 0.29) is 47.0 Å². The number of carbonyl (C=O) groups excluding carboxylic acids is 2. The first kappa shape index (κ1) is 37.7. The van der Waals surface area contributed by atoms with Crippen LogP contribution in [0.1, 0.15) is 81.0 Å². The molecule has 15 nitrogen and oxygen atoms in total. The van der Waals surface area contributed by atoms with Crippen LogP contribution in [0.15, 0.2) is 69.2 Å². The highest BCUT2D eigenvalue weighted by atomic mass is 32.2. The van der Waals surface area contributed by atoms with E-state index in [1.807, 2.05) is 25.1 Å². The molecule has 3 fully saturated rings. The lowest BCUT2D eigenvalue weighted by Gasteiger charge is -2.31. The number of nitrogens with one attached hydrogen (secondary N) is 2. The Labute approximate surface area is 323 Å². The number of pyridine rings is 1. The predicted molar refractivity (Wildman–Crippen MR) is 210 cm³/mol. The molecule has 1 saturated carbocycles. The number of fused-ring (bicyclic) bond motifs is 2. The predicted octanol–water partition coefficient (Wildman–Crippen LogP) is 4.39. The topological polar surface area (TPSA) is 180 Å². The molecule has 0 bridgehead atoms. The van der Waals surface area contributed by atoms with Gasteiger partial charge in [0.25, 0.3) is 5.56 Å². The second kappa shape index (κ2) is 15.4. The second-order valence-corrected chi connectivity index (χ2v) is 17.0. The quantitative estimate of drug-likeness (QED) is 0.144. The number of amides is 2. The second-order valence-electron chi connectivity index (χ2n) is 15.1. The molecule has 8 rings (SSSR count). The number of anilines is 2. The largest absolute Gasteiger partial charge is 0.378 e. The zero-order valence-electron chi connectivity index (χ0n) is 31.6. The molecule has 5 heterocycles. The fourth-order valence-electron chi connectivity index (χ4n) is 8.52. The van der Waals surface area contributed by atoms with Crippen molar-refractivity contribution in [2.75, 3.05) is 25.0 Å². The van der Waals surface area contributed by atoms with E-state index in [9.17, 15) is 27.6 Å². The molecule has 1 aliphatic carbocycles. The van der Waals surface area contributed by atoms with Gasteiger partial charge in [-0.25, -0.2) is 18.2 Å². The van der Waals surface area contributed by atoms with Crippen molar-refractivity contribution in [3.8, 4) is 0 Å². The summed E-state index contributed by atoms with van der Waals surface area (Å²) in [5.74, 6) is -0.456. The van der Waals surface area contributed by atoms with Gasteiger partial charge >= 0.3 is 5.69 Å². The van der Waals surface area contributed by atoms with Crippen molar-refractivity contribution in [2.24, 2.45) is 7.05 Å². The van der Waals surface area contributed by atoms with Gasteiger partial charge in [0.05, 0.1) is 22.0 Å². The average molecular weight is 783 g/mol. The first-order valence-electron chi connectivity index (χ1n) is 19.4. The van der Waals surface area contributed by atoms with Crippen molar-refractivity contribution < 1.29 is 22.7 Å². The lowest BCUT2D eigenvalue weighted by molar-refractivity contribution is -0.135. The molecule has 294 valence electrons. The zero-order valence-corrected chi connectivity index (χ0v) is 32.4. The number of piperidine rings is 2. The third-order valence-electron chi connectivity index (χ3n) is 11.5. The molecule has 3 aliphatic rings. The van der Waals surface area contributed by atoms with Crippen LogP contribution in [0.25, 0.3) is 22.1 Å². The third kappa shape index (κ3) is 7.16. The Hall–Kier alpha value is -5.19. The van der Waals surface area contributed by atoms with Crippen LogP contribution >= 0.6 is 0 Å². The lowest BCUT2D eigenvalue weighted by atomic mass is 10.0. The van der Waals surface area contributed by atoms with Gasteiger partial charge in [-0.3, -0.25) is 33.4 Å². The Kier molecular flexibility index (Phi) is 10.4. The molecule has 1 unspecified atom stereocenters. The molecule has 16 heteroatoms. The summed E-state index contributed by atoms with van der Waals surface area (Å²) in [7, 11) is -2.05. The van der Waals surface area contributed by atoms with E-state index in [0.717, 1.165) is 47.7 Å². The summed E-state index contributed by atoms with van der Waals surface area (Å²) in [6.07, 6.45) is 8.64. The van der Waals surface area contributed by atoms with Gasteiger partial charge in [-0.2, -0.15) is 9.29 Å². The van der Waals surface area contributed by atoms with Gasteiger partial charge in [-0.05, 0) is 93.3 Å². The first-order chi connectivity index (χ1) is 27.0. The molecule has 1 atom stereocenters. The number of nitrogens with zero attached hydrogens (tertiary/aromatic N) is 6. The number of aryl methyl sites for hydroxylation is 3. The van der Waals surface area contributed by atoms with E-state index in [4.69, 9.17) is 9.72 Å². The summed E-state index contributed by atoms with van der Waals surface area (Å²) < 4.78 is 40.0. The van der Waals surface area contributed by atoms with E-state index in [0.29, 0.717) is 68.2 Å². The molecule has 56 heavy (non-hydrogen) atoms. The number of hydrogen-bond donors (Lipinski definition) is 2. The summed E-state index contributed by atoms with van der Waals surface area (Å²) in [5, 5.41) is 6.36. The summed E-state index contributed by atoms with van der Waals surface area (Å²) in [4.78, 5) is 59.8. The van der Waals surface area contributed by atoms with Gasteiger partial charge in [-0.1, -0.05) is 25.0 Å². The van der Waals surface area contributed by atoms with Gasteiger partial charge in [0, 0.05) is 62.5 Å². The molecule has 5 aromatic rings. The van der Waals surface area contributed by atoms with Crippen LogP contribution in [-0.4, -0.2) is 74.0 Å². The number of para-hydroxylation sites is 1. The van der Waals surface area contributed by atoms with Crippen LogP contribution in [0.3, 0.4) is 0 Å². The standard InChI is InChI=1S/C40H46N8O7S/c1-25-23-30(13-14-31(25)42-39-41-24-27-12-17-35(50)47(37(27)44-39)28-9-3-4-10-28)56(53,54)46-20-18-29(19-21-46)55-22-6-8-26-7-5-11-32-36(26)45(2)40(52)48(32)33-15-16-34(49)43-38(33)51/h5,7,11-14,17,23-24,28-29,33H,3-4,6,8-10,15-16,18-22H2,1-2H3,(H,41,42,44)(H,43,49,51). The van der Waals surface area contributed by atoms with Gasteiger partial charge in [0.15, 0.2) is 0 Å². The van der Waals surface area contributed by atoms with E-state index in [1.54, 1.807) is 52.7 Å². The first-order valence-corrected chi connectivity index (χ1v) is 20.8. The maximum absolute atomic E-state index is 13.7. The number of aromatic nitrogens is 5.